The molecule has 1 aliphatic heterocycles. The molecule has 0 fully saturated rings. The van der Waals surface area contributed by atoms with Crippen LogP contribution in [0.1, 0.15) is 52.0 Å². The van der Waals surface area contributed by atoms with Crippen LogP contribution < -0.4 is 4.90 Å². The summed E-state index contributed by atoms with van der Waals surface area (Å²) in [7, 11) is 0. The van der Waals surface area contributed by atoms with Crippen LogP contribution in [0.2, 0.25) is 0 Å². The summed E-state index contributed by atoms with van der Waals surface area (Å²) < 4.78 is 10.3. The lowest BCUT2D eigenvalue weighted by Crippen LogP contribution is -2.30. The molecule has 0 saturated heterocycles. The highest BCUT2D eigenvalue weighted by molar-refractivity contribution is 5.96. The van der Waals surface area contributed by atoms with E-state index in [0.29, 0.717) is 18.5 Å². The molecule has 0 spiro atoms. The van der Waals surface area contributed by atoms with Crippen molar-refractivity contribution in [2.24, 2.45) is 0 Å². The van der Waals surface area contributed by atoms with Crippen LogP contribution in [0.3, 0.4) is 0 Å². The highest BCUT2D eigenvalue weighted by atomic mass is 16.5. The quantitative estimate of drug-likeness (QED) is 0.246. The van der Waals surface area contributed by atoms with Crippen molar-refractivity contribution in [1.29, 1.82) is 5.26 Å². The predicted molar refractivity (Wildman–Crippen MR) is 116 cm³/mol. The topological polar surface area (TPSA) is 79.6 Å². The van der Waals surface area contributed by atoms with Crippen molar-refractivity contribution >= 4 is 17.6 Å². The van der Waals surface area contributed by atoms with Crippen LogP contribution >= 0.6 is 0 Å². The third-order valence-corrected chi connectivity index (χ3v) is 5.20. The van der Waals surface area contributed by atoms with Crippen molar-refractivity contribution in [2.45, 2.75) is 51.9 Å². The van der Waals surface area contributed by atoms with Gasteiger partial charge in [-0.15, -0.1) is 0 Å². The van der Waals surface area contributed by atoms with Gasteiger partial charge in [-0.05, 0) is 30.9 Å². The van der Waals surface area contributed by atoms with Gasteiger partial charge in [0.2, 0.25) is 0 Å². The monoisotopic (exact) mass is 410 g/mol. The van der Waals surface area contributed by atoms with E-state index in [0.717, 1.165) is 36.7 Å². The number of esters is 2. The molecule has 160 valence electrons. The van der Waals surface area contributed by atoms with Crippen molar-refractivity contribution in [3.63, 3.8) is 0 Å². The minimum absolute atomic E-state index is 0.0467. The van der Waals surface area contributed by atoms with E-state index in [4.69, 9.17) is 9.47 Å². The SMILES string of the molecule is C=CC(=O)OCCCCOC(=O)C(C#N)=C1N(CCCC)c2ccccc2C1(C)C. The van der Waals surface area contributed by atoms with Gasteiger partial charge in [0, 0.05) is 23.7 Å². The van der Waals surface area contributed by atoms with Crippen molar-refractivity contribution in [3.05, 3.63) is 53.8 Å². The van der Waals surface area contributed by atoms with Gasteiger partial charge < -0.3 is 14.4 Å². The average molecular weight is 411 g/mol. The molecular weight excluding hydrogens is 380 g/mol. The number of carbonyl (C=O) groups excluding carboxylic acids is 2. The Hall–Kier alpha value is -3.07. The number of nitriles is 1. The average Bonchev–Trinajstić information content (AvgIpc) is 2.96. The van der Waals surface area contributed by atoms with E-state index >= 15 is 0 Å². The second kappa shape index (κ2) is 10.6. The van der Waals surface area contributed by atoms with Crippen molar-refractivity contribution in [3.8, 4) is 6.07 Å². The fourth-order valence-corrected chi connectivity index (χ4v) is 3.69. The number of ether oxygens (including phenoxy) is 2. The third kappa shape index (κ3) is 5.10. The Morgan fingerprint density at radius 3 is 2.47 bits per heavy atom. The number of rotatable bonds is 10. The second-order valence-electron chi connectivity index (χ2n) is 7.70. The number of hydrogen-bond donors (Lipinski definition) is 0. The minimum Gasteiger partial charge on any atom is -0.463 e. The summed E-state index contributed by atoms with van der Waals surface area (Å²) in [6.45, 7) is 10.6. The summed E-state index contributed by atoms with van der Waals surface area (Å²) in [4.78, 5) is 25.9. The molecule has 2 rings (SSSR count). The first-order valence-electron chi connectivity index (χ1n) is 10.4. The Balaban J connectivity index is 2.17. The molecule has 0 aliphatic carbocycles. The largest absolute Gasteiger partial charge is 0.463 e. The summed E-state index contributed by atoms with van der Waals surface area (Å²) >= 11 is 0. The predicted octanol–water partition coefficient (Wildman–Crippen LogP) is 4.41. The van der Waals surface area contributed by atoms with Gasteiger partial charge in [0.05, 0.1) is 18.9 Å². The van der Waals surface area contributed by atoms with Crippen LogP contribution in [0.25, 0.3) is 0 Å². The molecule has 1 aliphatic rings. The normalized spacial score (nSPS) is 15.7. The molecule has 0 N–H and O–H groups in total. The van der Waals surface area contributed by atoms with E-state index in [1.165, 1.54) is 0 Å². The van der Waals surface area contributed by atoms with Crippen LogP contribution in [0.4, 0.5) is 5.69 Å². The van der Waals surface area contributed by atoms with Gasteiger partial charge in [0.1, 0.15) is 6.07 Å². The molecule has 1 heterocycles. The van der Waals surface area contributed by atoms with Crippen LogP contribution in [0, 0.1) is 11.3 Å². The van der Waals surface area contributed by atoms with E-state index in [9.17, 15) is 14.9 Å². The first-order chi connectivity index (χ1) is 14.4. The number of allylic oxidation sites excluding steroid dienone is 1. The van der Waals surface area contributed by atoms with Crippen LogP contribution in [-0.4, -0.2) is 31.7 Å². The van der Waals surface area contributed by atoms with Crippen molar-refractivity contribution < 1.29 is 19.1 Å². The molecule has 0 saturated carbocycles. The number of hydrogen-bond acceptors (Lipinski definition) is 6. The molecular formula is C24H30N2O4. The number of nitrogens with zero attached hydrogens (tertiary/aromatic N) is 2. The summed E-state index contributed by atoms with van der Waals surface area (Å²) in [6, 6.07) is 10.1. The van der Waals surface area contributed by atoms with Gasteiger partial charge >= 0.3 is 11.9 Å². The lowest BCUT2D eigenvalue weighted by molar-refractivity contribution is -0.140. The van der Waals surface area contributed by atoms with Gasteiger partial charge in [0.25, 0.3) is 0 Å². The van der Waals surface area contributed by atoms with Gasteiger partial charge in [-0.3, -0.25) is 0 Å². The highest BCUT2D eigenvalue weighted by Crippen LogP contribution is 2.48. The number of para-hydroxylation sites is 1. The number of fused-ring (bicyclic) bond motifs is 1. The number of carbonyl (C=O) groups is 2. The summed E-state index contributed by atoms with van der Waals surface area (Å²) in [5.74, 6) is -1.09. The van der Waals surface area contributed by atoms with Crippen LogP contribution in [0.15, 0.2) is 48.2 Å². The fraction of sp³-hybridized carbons (Fsp3) is 0.458. The molecule has 0 atom stereocenters. The molecule has 6 nitrogen and oxygen atoms in total. The van der Waals surface area contributed by atoms with Gasteiger partial charge in [-0.25, -0.2) is 9.59 Å². The highest BCUT2D eigenvalue weighted by Gasteiger charge is 2.43. The minimum atomic E-state index is -0.613. The Morgan fingerprint density at radius 1 is 1.17 bits per heavy atom. The standard InChI is InChI=1S/C24H30N2O4/c1-5-7-14-26-20-13-9-8-12-19(20)24(3,4)22(26)18(17-25)23(28)30-16-11-10-15-29-21(27)6-2/h6,8-9,12-13H,2,5,7,10-11,14-16H2,1,3-4H3. The maximum atomic E-state index is 12.8. The zero-order valence-electron chi connectivity index (χ0n) is 18.1. The maximum absolute atomic E-state index is 12.8. The lowest BCUT2D eigenvalue weighted by Gasteiger charge is -2.28. The zero-order chi connectivity index (χ0) is 22.1. The maximum Gasteiger partial charge on any atom is 0.350 e. The Labute approximate surface area is 178 Å². The summed E-state index contributed by atoms with van der Waals surface area (Å²) in [5, 5.41) is 9.84. The zero-order valence-corrected chi connectivity index (χ0v) is 18.1. The second-order valence-corrected chi connectivity index (χ2v) is 7.70. The van der Waals surface area contributed by atoms with E-state index < -0.39 is 17.4 Å². The van der Waals surface area contributed by atoms with E-state index in [1.54, 1.807) is 0 Å². The van der Waals surface area contributed by atoms with E-state index in [-0.39, 0.29) is 18.8 Å². The van der Waals surface area contributed by atoms with E-state index in [2.05, 4.69) is 24.5 Å². The molecule has 0 amide bonds. The smallest absolute Gasteiger partial charge is 0.350 e. The summed E-state index contributed by atoms with van der Waals surface area (Å²) in [6.07, 6.45) is 4.16. The lowest BCUT2D eigenvalue weighted by atomic mass is 9.82. The van der Waals surface area contributed by atoms with Gasteiger partial charge in [0.15, 0.2) is 5.57 Å². The Bertz CT molecular complexity index is 864. The summed E-state index contributed by atoms with van der Waals surface area (Å²) in [5.41, 5.74) is 2.40. The molecule has 1 aromatic carbocycles. The Morgan fingerprint density at radius 2 is 1.83 bits per heavy atom. The molecule has 0 radical (unpaired) electrons. The molecule has 0 unspecified atom stereocenters. The number of benzene rings is 1. The van der Waals surface area contributed by atoms with Crippen molar-refractivity contribution in [1.82, 2.24) is 0 Å². The van der Waals surface area contributed by atoms with Crippen molar-refractivity contribution in [2.75, 3.05) is 24.7 Å². The first-order valence-corrected chi connectivity index (χ1v) is 10.4. The van der Waals surface area contributed by atoms with Crippen LogP contribution in [0.5, 0.6) is 0 Å². The van der Waals surface area contributed by atoms with Gasteiger partial charge in [-0.2, -0.15) is 5.26 Å². The molecule has 30 heavy (non-hydrogen) atoms. The molecule has 6 heteroatoms. The Kier molecular flexibility index (Phi) is 8.23. The molecule has 0 bridgehead atoms. The third-order valence-electron chi connectivity index (χ3n) is 5.20. The van der Waals surface area contributed by atoms with Crippen LogP contribution in [-0.2, 0) is 24.5 Å². The fourth-order valence-electron chi connectivity index (χ4n) is 3.69. The number of anilines is 1. The van der Waals surface area contributed by atoms with Gasteiger partial charge in [-0.1, -0.05) is 52.0 Å². The molecule has 1 aromatic rings. The van der Waals surface area contributed by atoms with E-state index in [1.807, 2.05) is 38.1 Å². The number of unbranched alkanes of at least 4 members (excludes halogenated alkanes) is 2. The molecule has 0 aromatic heterocycles. The first kappa shape index (κ1) is 23.2.